The lowest BCUT2D eigenvalue weighted by molar-refractivity contribution is -0.384. The van der Waals surface area contributed by atoms with Crippen molar-refractivity contribution in [3.05, 3.63) is 57.1 Å². The third-order valence-corrected chi connectivity index (χ3v) is 2.90. The van der Waals surface area contributed by atoms with Crippen LogP contribution in [0.4, 0.5) is 11.4 Å². The Bertz CT molecular complexity index is 732. The standard InChI is InChI=1S/C13H9ClN2O5/c14-7-4-5-8(11(18)6-7)13(19)15-12-9(16(20)21)2-1-3-10(12)17/h1-6,17-18H,(H,15,19). The molecule has 21 heavy (non-hydrogen) atoms. The first-order chi connectivity index (χ1) is 9.90. The van der Waals surface area contributed by atoms with E-state index >= 15 is 0 Å². The molecular formula is C13H9ClN2O5. The molecule has 108 valence electrons. The molecule has 0 saturated heterocycles. The van der Waals surface area contributed by atoms with E-state index in [4.69, 9.17) is 11.6 Å². The molecule has 1 amide bonds. The maximum absolute atomic E-state index is 12.0. The third-order valence-electron chi connectivity index (χ3n) is 2.66. The summed E-state index contributed by atoms with van der Waals surface area (Å²) in [6.45, 7) is 0. The second-order valence-electron chi connectivity index (χ2n) is 4.04. The van der Waals surface area contributed by atoms with Crippen molar-refractivity contribution in [2.75, 3.05) is 5.32 Å². The molecule has 0 aliphatic heterocycles. The van der Waals surface area contributed by atoms with Crippen molar-refractivity contribution in [3.8, 4) is 11.5 Å². The van der Waals surface area contributed by atoms with Gasteiger partial charge in [0.2, 0.25) is 0 Å². The Labute approximate surface area is 123 Å². The van der Waals surface area contributed by atoms with Gasteiger partial charge in [0.15, 0.2) is 5.69 Å². The molecule has 0 fully saturated rings. The van der Waals surface area contributed by atoms with Gasteiger partial charge >= 0.3 is 0 Å². The second-order valence-corrected chi connectivity index (χ2v) is 4.48. The molecule has 0 radical (unpaired) electrons. The zero-order valence-electron chi connectivity index (χ0n) is 10.4. The molecule has 0 atom stereocenters. The van der Waals surface area contributed by atoms with E-state index in [9.17, 15) is 25.1 Å². The molecule has 3 N–H and O–H groups in total. The molecule has 0 bridgehead atoms. The predicted octanol–water partition coefficient (Wildman–Crippen LogP) is 2.91. The SMILES string of the molecule is O=C(Nc1c(O)cccc1[N+](=O)[O-])c1ccc(Cl)cc1O. The van der Waals surface area contributed by atoms with Crippen LogP contribution in [0.2, 0.25) is 5.02 Å². The van der Waals surface area contributed by atoms with E-state index in [-0.39, 0.29) is 22.0 Å². The van der Waals surface area contributed by atoms with Crippen LogP contribution in [0.5, 0.6) is 11.5 Å². The number of carbonyl (C=O) groups is 1. The fourth-order valence-electron chi connectivity index (χ4n) is 1.69. The van der Waals surface area contributed by atoms with Crippen LogP contribution >= 0.6 is 11.6 Å². The van der Waals surface area contributed by atoms with Crippen LogP contribution in [0.1, 0.15) is 10.4 Å². The number of phenols is 2. The van der Waals surface area contributed by atoms with Crippen molar-refractivity contribution in [2.24, 2.45) is 0 Å². The average Bonchev–Trinajstić information content (AvgIpc) is 2.40. The summed E-state index contributed by atoms with van der Waals surface area (Å²) in [5, 5.41) is 32.6. The van der Waals surface area contributed by atoms with E-state index in [0.29, 0.717) is 0 Å². The minimum absolute atomic E-state index is 0.128. The van der Waals surface area contributed by atoms with Crippen LogP contribution in [-0.4, -0.2) is 21.0 Å². The Kier molecular flexibility index (Phi) is 3.95. The predicted molar refractivity (Wildman–Crippen MR) is 75.8 cm³/mol. The number of aromatic hydroxyl groups is 2. The van der Waals surface area contributed by atoms with E-state index in [1.54, 1.807) is 0 Å². The van der Waals surface area contributed by atoms with Crippen LogP contribution in [-0.2, 0) is 0 Å². The smallest absolute Gasteiger partial charge is 0.296 e. The number of rotatable bonds is 3. The molecule has 7 nitrogen and oxygen atoms in total. The van der Waals surface area contributed by atoms with Crippen molar-refractivity contribution < 1.29 is 19.9 Å². The highest BCUT2D eigenvalue weighted by molar-refractivity contribution is 6.31. The number of hydrogen-bond donors (Lipinski definition) is 3. The van der Waals surface area contributed by atoms with Crippen LogP contribution in [0.3, 0.4) is 0 Å². The van der Waals surface area contributed by atoms with Gasteiger partial charge in [-0.05, 0) is 24.3 Å². The van der Waals surface area contributed by atoms with Gasteiger partial charge in [0.1, 0.15) is 11.5 Å². The summed E-state index contributed by atoms with van der Waals surface area (Å²) in [5.74, 6) is -1.64. The minimum Gasteiger partial charge on any atom is -0.507 e. The summed E-state index contributed by atoms with van der Waals surface area (Å²) in [6.07, 6.45) is 0. The summed E-state index contributed by atoms with van der Waals surface area (Å²) >= 11 is 5.65. The van der Waals surface area contributed by atoms with Gasteiger partial charge in [-0.15, -0.1) is 0 Å². The number of para-hydroxylation sites is 1. The first kappa shape index (κ1) is 14.6. The maximum Gasteiger partial charge on any atom is 0.296 e. The van der Waals surface area contributed by atoms with Crippen LogP contribution < -0.4 is 5.32 Å². The average molecular weight is 309 g/mol. The van der Waals surface area contributed by atoms with Crippen molar-refractivity contribution in [3.63, 3.8) is 0 Å². The number of halogens is 1. The van der Waals surface area contributed by atoms with E-state index in [2.05, 4.69) is 5.32 Å². The molecule has 8 heteroatoms. The number of nitro groups is 1. The second kappa shape index (κ2) is 5.68. The summed E-state index contributed by atoms with van der Waals surface area (Å²) in [7, 11) is 0. The first-order valence-electron chi connectivity index (χ1n) is 5.66. The van der Waals surface area contributed by atoms with Crippen LogP contribution in [0.25, 0.3) is 0 Å². The van der Waals surface area contributed by atoms with Gasteiger partial charge in [0.25, 0.3) is 11.6 Å². The molecule has 0 spiro atoms. The fourth-order valence-corrected chi connectivity index (χ4v) is 1.85. The molecule has 0 aliphatic rings. The molecule has 0 unspecified atom stereocenters. The highest BCUT2D eigenvalue weighted by Gasteiger charge is 2.21. The van der Waals surface area contributed by atoms with Crippen LogP contribution in [0.15, 0.2) is 36.4 Å². The molecular weight excluding hydrogens is 300 g/mol. The summed E-state index contributed by atoms with van der Waals surface area (Å²) in [6, 6.07) is 7.42. The molecule has 2 aromatic rings. The number of hydrogen-bond acceptors (Lipinski definition) is 5. The highest BCUT2D eigenvalue weighted by atomic mass is 35.5. The Balaban J connectivity index is 2.38. The Morgan fingerprint density at radius 1 is 1.19 bits per heavy atom. The molecule has 0 heterocycles. The van der Waals surface area contributed by atoms with Crippen molar-refractivity contribution in [2.45, 2.75) is 0 Å². The number of nitrogens with one attached hydrogen (secondary N) is 1. The van der Waals surface area contributed by atoms with E-state index in [0.717, 1.165) is 12.1 Å². The quantitative estimate of drug-likeness (QED) is 0.458. The minimum atomic E-state index is -0.811. The Morgan fingerprint density at radius 2 is 1.90 bits per heavy atom. The normalized spacial score (nSPS) is 10.1. The number of nitrogens with zero attached hydrogens (tertiary/aromatic N) is 1. The van der Waals surface area contributed by atoms with Gasteiger partial charge in [-0.3, -0.25) is 14.9 Å². The zero-order valence-corrected chi connectivity index (χ0v) is 11.2. The molecule has 0 aliphatic carbocycles. The van der Waals surface area contributed by atoms with Crippen molar-refractivity contribution >= 4 is 28.9 Å². The van der Waals surface area contributed by atoms with Gasteiger partial charge in [-0.25, -0.2) is 0 Å². The van der Waals surface area contributed by atoms with Crippen LogP contribution in [0, 0.1) is 10.1 Å². The number of carbonyl (C=O) groups excluding carboxylic acids is 1. The lowest BCUT2D eigenvalue weighted by Crippen LogP contribution is -2.13. The third kappa shape index (κ3) is 3.03. The Morgan fingerprint density at radius 3 is 2.52 bits per heavy atom. The van der Waals surface area contributed by atoms with Gasteiger partial charge in [0.05, 0.1) is 10.5 Å². The number of amides is 1. The lowest BCUT2D eigenvalue weighted by Gasteiger charge is -2.09. The van der Waals surface area contributed by atoms with Gasteiger partial charge < -0.3 is 15.5 Å². The summed E-state index contributed by atoms with van der Waals surface area (Å²) in [5.41, 5.74) is -0.935. The van der Waals surface area contributed by atoms with E-state index < -0.39 is 22.3 Å². The fraction of sp³-hybridized carbons (Fsp3) is 0. The maximum atomic E-state index is 12.0. The topological polar surface area (TPSA) is 113 Å². The molecule has 2 rings (SSSR count). The monoisotopic (exact) mass is 308 g/mol. The van der Waals surface area contributed by atoms with Crippen molar-refractivity contribution in [1.82, 2.24) is 0 Å². The first-order valence-corrected chi connectivity index (χ1v) is 6.04. The summed E-state index contributed by atoms with van der Waals surface area (Å²) in [4.78, 5) is 22.2. The number of phenolic OH excluding ortho intramolecular Hbond substituents is 2. The molecule has 2 aromatic carbocycles. The number of benzene rings is 2. The Hall–Kier alpha value is -2.80. The number of anilines is 1. The van der Waals surface area contributed by atoms with Gasteiger partial charge in [0, 0.05) is 11.1 Å². The number of nitro benzene ring substituents is 1. The van der Waals surface area contributed by atoms with E-state index in [1.165, 1.54) is 24.3 Å². The van der Waals surface area contributed by atoms with Gasteiger partial charge in [-0.1, -0.05) is 17.7 Å². The van der Waals surface area contributed by atoms with E-state index in [1.807, 2.05) is 0 Å². The molecule has 0 saturated carbocycles. The van der Waals surface area contributed by atoms with Gasteiger partial charge in [-0.2, -0.15) is 0 Å². The lowest BCUT2D eigenvalue weighted by atomic mass is 10.1. The zero-order chi connectivity index (χ0) is 15.6. The van der Waals surface area contributed by atoms with Crippen molar-refractivity contribution in [1.29, 1.82) is 0 Å². The largest absolute Gasteiger partial charge is 0.507 e. The summed E-state index contributed by atoms with van der Waals surface area (Å²) < 4.78 is 0. The highest BCUT2D eigenvalue weighted by Crippen LogP contribution is 2.34. The molecule has 0 aromatic heterocycles.